The van der Waals surface area contributed by atoms with Crippen molar-refractivity contribution in [3.05, 3.63) is 41.5 Å². The number of fused-ring (bicyclic) bond motifs is 1. The number of rotatable bonds is 6. The van der Waals surface area contributed by atoms with Gasteiger partial charge in [-0.15, -0.1) is 10.2 Å². The molecule has 0 atom stereocenters. The number of nitrogens with zero attached hydrogens (tertiary/aromatic N) is 2. The minimum atomic E-state index is 0.0232. The molecule has 2 aromatic heterocycles. The summed E-state index contributed by atoms with van der Waals surface area (Å²) in [6, 6.07) is 8.18. The summed E-state index contributed by atoms with van der Waals surface area (Å²) in [5.41, 5.74) is 4.02. The molecule has 0 saturated carbocycles. The average Bonchev–Trinajstić information content (AvgIpc) is 3.15. The highest BCUT2D eigenvalue weighted by Gasteiger charge is 2.06. The molecule has 1 aromatic carbocycles. The van der Waals surface area contributed by atoms with Crippen LogP contribution < -0.4 is 5.32 Å². The molecule has 2 N–H and O–H groups in total. The lowest BCUT2D eigenvalue weighted by atomic mass is 10.1. The number of carbonyl (C=O) groups is 1. The van der Waals surface area contributed by atoms with Crippen LogP contribution in [0.3, 0.4) is 0 Å². The van der Waals surface area contributed by atoms with Crippen molar-refractivity contribution in [3.63, 3.8) is 0 Å². The van der Waals surface area contributed by atoms with E-state index < -0.39 is 0 Å². The molecule has 0 unspecified atom stereocenters. The molecule has 0 saturated heterocycles. The third kappa shape index (κ3) is 3.62. The van der Waals surface area contributed by atoms with Gasteiger partial charge in [-0.1, -0.05) is 41.3 Å². The zero-order chi connectivity index (χ0) is 14.5. The van der Waals surface area contributed by atoms with Gasteiger partial charge in [0.15, 0.2) is 4.34 Å². The van der Waals surface area contributed by atoms with E-state index in [4.69, 9.17) is 0 Å². The molecule has 108 valence electrons. The van der Waals surface area contributed by atoms with E-state index in [1.54, 1.807) is 5.51 Å². The van der Waals surface area contributed by atoms with Gasteiger partial charge in [0, 0.05) is 23.6 Å². The van der Waals surface area contributed by atoms with E-state index in [-0.39, 0.29) is 5.91 Å². The van der Waals surface area contributed by atoms with Crippen molar-refractivity contribution < 1.29 is 4.79 Å². The van der Waals surface area contributed by atoms with E-state index in [2.05, 4.69) is 32.6 Å². The van der Waals surface area contributed by atoms with Crippen LogP contribution in [0.4, 0.5) is 0 Å². The second-order valence-corrected chi connectivity index (χ2v) is 6.51. The molecule has 0 spiro atoms. The van der Waals surface area contributed by atoms with Crippen molar-refractivity contribution in [2.75, 3.05) is 12.3 Å². The third-order valence-electron chi connectivity index (χ3n) is 3.06. The van der Waals surface area contributed by atoms with Gasteiger partial charge in [0.2, 0.25) is 5.91 Å². The predicted molar refractivity (Wildman–Crippen MR) is 85.6 cm³/mol. The van der Waals surface area contributed by atoms with Crippen LogP contribution in [0.1, 0.15) is 5.56 Å². The number of aromatic amines is 1. The molecule has 0 bridgehead atoms. The molecule has 21 heavy (non-hydrogen) atoms. The summed E-state index contributed by atoms with van der Waals surface area (Å²) < 4.78 is 0.821. The summed E-state index contributed by atoms with van der Waals surface area (Å²) in [4.78, 5) is 15.0. The van der Waals surface area contributed by atoms with Crippen LogP contribution in [-0.4, -0.2) is 33.4 Å². The molecular weight excluding hydrogens is 304 g/mol. The Kier molecular flexibility index (Phi) is 4.52. The van der Waals surface area contributed by atoms with Crippen LogP contribution in [-0.2, 0) is 11.2 Å². The number of thioether (sulfide) groups is 1. The number of aromatic nitrogens is 3. The summed E-state index contributed by atoms with van der Waals surface area (Å²) in [6.07, 6.45) is 2.83. The van der Waals surface area contributed by atoms with Gasteiger partial charge in [-0.25, -0.2) is 0 Å². The lowest BCUT2D eigenvalue weighted by Gasteiger charge is -2.03. The maximum absolute atomic E-state index is 11.7. The van der Waals surface area contributed by atoms with Gasteiger partial charge in [-0.3, -0.25) is 4.79 Å². The minimum absolute atomic E-state index is 0.0232. The van der Waals surface area contributed by atoms with E-state index >= 15 is 0 Å². The average molecular weight is 318 g/mol. The van der Waals surface area contributed by atoms with Crippen molar-refractivity contribution in [3.8, 4) is 0 Å². The van der Waals surface area contributed by atoms with Crippen LogP contribution in [0.15, 0.2) is 40.3 Å². The lowest BCUT2D eigenvalue weighted by molar-refractivity contribution is -0.118. The zero-order valence-electron chi connectivity index (χ0n) is 11.2. The van der Waals surface area contributed by atoms with E-state index in [0.717, 1.165) is 16.3 Å². The number of hydrogen-bond acceptors (Lipinski definition) is 5. The first-order chi connectivity index (χ1) is 10.3. The Morgan fingerprint density at radius 1 is 1.38 bits per heavy atom. The summed E-state index contributed by atoms with van der Waals surface area (Å²) >= 11 is 2.86. The maximum atomic E-state index is 11.7. The van der Waals surface area contributed by atoms with E-state index in [1.165, 1.54) is 34.0 Å². The molecular formula is C14H14N4OS2. The Bertz CT molecular complexity index is 723. The Morgan fingerprint density at radius 2 is 2.29 bits per heavy atom. The van der Waals surface area contributed by atoms with Crippen LogP contribution >= 0.6 is 23.1 Å². The van der Waals surface area contributed by atoms with Gasteiger partial charge in [0.25, 0.3) is 0 Å². The molecule has 1 amide bonds. The van der Waals surface area contributed by atoms with E-state index in [1.807, 2.05) is 18.3 Å². The zero-order valence-corrected chi connectivity index (χ0v) is 12.8. The number of carbonyl (C=O) groups excluding carboxylic acids is 1. The van der Waals surface area contributed by atoms with Gasteiger partial charge in [-0.2, -0.15) is 0 Å². The quantitative estimate of drug-likeness (QED) is 0.685. The number of para-hydroxylation sites is 1. The molecule has 7 heteroatoms. The smallest absolute Gasteiger partial charge is 0.230 e. The van der Waals surface area contributed by atoms with Crippen molar-refractivity contribution in [2.45, 2.75) is 10.8 Å². The molecule has 2 heterocycles. The second-order valence-electron chi connectivity index (χ2n) is 4.45. The van der Waals surface area contributed by atoms with Gasteiger partial charge < -0.3 is 10.3 Å². The van der Waals surface area contributed by atoms with Crippen LogP contribution in [0.2, 0.25) is 0 Å². The molecule has 0 fully saturated rings. The Labute approximate surface area is 130 Å². The van der Waals surface area contributed by atoms with Gasteiger partial charge >= 0.3 is 0 Å². The maximum Gasteiger partial charge on any atom is 0.230 e. The lowest BCUT2D eigenvalue weighted by Crippen LogP contribution is -2.27. The third-order valence-corrected chi connectivity index (χ3v) is 4.92. The molecule has 0 aliphatic rings. The molecule has 3 rings (SSSR count). The SMILES string of the molecule is O=C(CSc1nncs1)NCCc1c[nH]c2ccccc12. The van der Waals surface area contributed by atoms with Crippen LogP contribution in [0.5, 0.6) is 0 Å². The van der Waals surface area contributed by atoms with Gasteiger partial charge in [0.1, 0.15) is 5.51 Å². The number of H-pyrrole nitrogens is 1. The minimum Gasteiger partial charge on any atom is -0.361 e. The highest BCUT2D eigenvalue weighted by atomic mass is 32.2. The summed E-state index contributed by atoms with van der Waals surface area (Å²) in [5, 5.41) is 11.8. The first-order valence-electron chi connectivity index (χ1n) is 6.53. The summed E-state index contributed by atoms with van der Waals surface area (Å²) in [6.45, 7) is 0.636. The Morgan fingerprint density at radius 3 is 3.14 bits per heavy atom. The van der Waals surface area contributed by atoms with Gasteiger partial charge in [-0.05, 0) is 18.1 Å². The highest BCUT2D eigenvalue weighted by molar-refractivity contribution is 8.01. The summed E-state index contributed by atoms with van der Waals surface area (Å²) in [7, 11) is 0. The first-order valence-corrected chi connectivity index (χ1v) is 8.40. The van der Waals surface area contributed by atoms with Crippen molar-refractivity contribution >= 4 is 39.9 Å². The fourth-order valence-corrected chi connectivity index (χ4v) is 3.40. The van der Waals surface area contributed by atoms with Crippen LogP contribution in [0, 0.1) is 0 Å². The molecule has 0 radical (unpaired) electrons. The standard InChI is InChI=1S/C14H14N4OS2/c19-13(8-20-14-18-17-9-21-14)15-6-5-10-7-16-12-4-2-1-3-11(10)12/h1-4,7,9,16H,5-6,8H2,(H,15,19). The number of benzene rings is 1. The largest absolute Gasteiger partial charge is 0.361 e. The Hall–Kier alpha value is -1.86. The van der Waals surface area contributed by atoms with Crippen LogP contribution in [0.25, 0.3) is 10.9 Å². The van der Waals surface area contributed by atoms with E-state index in [9.17, 15) is 4.79 Å². The van der Waals surface area contributed by atoms with Crippen molar-refractivity contribution in [1.82, 2.24) is 20.5 Å². The molecule has 0 aliphatic carbocycles. The number of hydrogen-bond donors (Lipinski definition) is 2. The molecule has 0 aliphatic heterocycles. The molecule has 3 aromatic rings. The topological polar surface area (TPSA) is 70.7 Å². The summed E-state index contributed by atoms with van der Waals surface area (Å²) in [5.74, 6) is 0.401. The van der Waals surface area contributed by atoms with E-state index in [0.29, 0.717) is 12.3 Å². The first kappa shape index (κ1) is 14.1. The van der Waals surface area contributed by atoms with Crippen molar-refractivity contribution in [2.24, 2.45) is 0 Å². The fraction of sp³-hybridized carbons (Fsp3) is 0.214. The number of amides is 1. The molecule has 5 nitrogen and oxygen atoms in total. The monoisotopic (exact) mass is 318 g/mol. The second kappa shape index (κ2) is 6.73. The Balaban J connectivity index is 1.46. The number of nitrogens with one attached hydrogen (secondary N) is 2. The fourth-order valence-electron chi connectivity index (χ4n) is 2.08. The van der Waals surface area contributed by atoms with Crippen molar-refractivity contribution in [1.29, 1.82) is 0 Å². The predicted octanol–water partition coefficient (Wildman–Crippen LogP) is 2.47. The normalized spacial score (nSPS) is 10.9. The van der Waals surface area contributed by atoms with Gasteiger partial charge in [0.05, 0.1) is 5.75 Å². The highest BCUT2D eigenvalue weighted by Crippen LogP contribution is 2.19.